The van der Waals surface area contributed by atoms with Crippen molar-refractivity contribution in [3.63, 3.8) is 0 Å². The Hall–Kier alpha value is -2.10. The zero-order valence-corrected chi connectivity index (χ0v) is 13.1. The van der Waals surface area contributed by atoms with E-state index < -0.39 is 0 Å². The van der Waals surface area contributed by atoms with Gasteiger partial charge in [0.15, 0.2) is 0 Å². The third-order valence-corrected chi connectivity index (χ3v) is 3.01. The van der Waals surface area contributed by atoms with E-state index in [9.17, 15) is 0 Å². The van der Waals surface area contributed by atoms with Gasteiger partial charge in [-0.1, -0.05) is 12.1 Å². The van der Waals surface area contributed by atoms with Gasteiger partial charge in [0.05, 0.1) is 12.7 Å². The molecule has 0 N–H and O–H groups in total. The van der Waals surface area contributed by atoms with Crippen molar-refractivity contribution < 1.29 is 9.47 Å². The van der Waals surface area contributed by atoms with Gasteiger partial charge in [0, 0.05) is 29.9 Å². The molecule has 2 rings (SSSR count). The number of aryl methyl sites for hydroxylation is 2. The van der Waals surface area contributed by atoms with Crippen LogP contribution in [0.2, 0.25) is 0 Å². The lowest BCUT2D eigenvalue weighted by atomic mass is 10.1. The molecule has 0 bridgehead atoms. The Bertz CT molecular complexity index is 597. The number of pyridine rings is 2. The fourth-order valence-electron chi connectivity index (χ4n) is 2.00. The Labute approximate surface area is 126 Å². The van der Waals surface area contributed by atoms with Crippen molar-refractivity contribution in [1.29, 1.82) is 0 Å². The summed E-state index contributed by atoms with van der Waals surface area (Å²) in [4.78, 5) is 8.78. The van der Waals surface area contributed by atoms with Gasteiger partial charge in [-0.3, -0.25) is 0 Å². The topological polar surface area (TPSA) is 44.2 Å². The largest absolute Gasteiger partial charge is 0.477 e. The summed E-state index contributed by atoms with van der Waals surface area (Å²) in [6.45, 7) is 8.52. The molecule has 0 saturated heterocycles. The quantitative estimate of drug-likeness (QED) is 0.815. The maximum atomic E-state index is 5.67. The molecule has 4 nitrogen and oxygen atoms in total. The first-order chi connectivity index (χ1) is 10.0. The predicted octanol–water partition coefficient (Wildman–Crippen LogP) is 3.50. The first kappa shape index (κ1) is 15.3. The molecule has 4 heteroatoms. The zero-order chi connectivity index (χ0) is 15.2. The molecule has 112 valence electrons. The van der Waals surface area contributed by atoms with E-state index in [1.54, 1.807) is 0 Å². The lowest BCUT2D eigenvalue weighted by Gasteiger charge is -2.11. The minimum atomic E-state index is 0.137. The van der Waals surface area contributed by atoms with Crippen molar-refractivity contribution in [1.82, 2.24) is 9.97 Å². The van der Waals surface area contributed by atoms with E-state index in [0.717, 1.165) is 17.8 Å². The molecular formula is C17H22N2O2. The van der Waals surface area contributed by atoms with Gasteiger partial charge in [0.2, 0.25) is 11.8 Å². The van der Waals surface area contributed by atoms with Crippen LogP contribution >= 0.6 is 0 Å². The van der Waals surface area contributed by atoms with E-state index in [-0.39, 0.29) is 6.10 Å². The lowest BCUT2D eigenvalue weighted by Crippen LogP contribution is -2.09. The van der Waals surface area contributed by atoms with Crippen molar-refractivity contribution in [2.45, 2.75) is 40.2 Å². The molecule has 0 unspecified atom stereocenters. The summed E-state index contributed by atoms with van der Waals surface area (Å²) in [5.74, 6) is 1.34. The van der Waals surface area contributed by atoms with E-state index in [2.05, 4.69) is 9.97 Å². The van der Waals surface area contributed by atoms with Gasteiger partial charge in [-0.25, -0.2) is 9.97 Å². The third-order valence-electron chi connectivity index (χ3n) is 3.01. The van der Waals surface area contributed by atoms with Gasteiger partial charge in [-0.2, -0.15) is 0 Å². The number of nitrogens with zero attached hydrogens (tertiary/aromatic N) is 2. The second kappa shape index (κ2) is 7.07. The Morgan fingerprint density at radius 3 is 2.48 bits per heavy atom. The monoisotopic (exact) mass is 286 g/mol. The highest BCUT2D eigenvalue weighted by Crippen LogP contribution is 2.15. The van der Waals surface area contributed by atoms with Crippen LogP contribution in [-0.4, -0.2) is 22.7 Å². The summed E-state index contributed by atoms with van der Waals surface area (Å²) >= 11 is 0. The second-order valence-electron chi connectivity index (χ2n) is 5.28. The molecule has 0 amide bonds. The zero-order valence-electron chi connectivity index (χ0n) is 13.1. The molecule has 2 heterocycles. The van der Waals surface area contributed by atoms with Crippen LogP contribution in [0.1, 0.15) is 30.8 Å². The molecule has 2 aromatic rings. The highest BCUT2D eigenvalue weighted by Gasteiger charge is 2.05. The van der Waals surface area contributed by atoms with Crippen LogP contribution in [0.4, 0.5) is 0 Å². The summed E-state index contributed by atoms with van der Waals surface area (Å²) in [7, 11) is 0. The van der Waals surface area contributed by atoms with Crippen LogP contribution in [0.5, 0.6) is 11.8 Å². The minimum Gasteiger partial charge on any atom is -0.477 e. The molecule has 0 atom stereocenters. The van der Waals surface area contributed by atoms with Crippen LogP contribution in [0.25, 0.3) is 0 Å². The molecule has 0 aliphatic heterocycles. The molecule has 0 saturated carbocycles. The normalized spacial score (nSPS) is 10.7. The number of ether oxygens (including phenoxy) is 2. The fourth-order valence-corrected chi connectivity index (χ4v) is 2.00. The molecule has 0 aliphatic carbocycles. The summed E-state index contributed by atoms with van der Waals surface area (Å²) in [5, 5.41) is 0. The highest BCUT2D eigenvalue weighted by molar-refractivity contribution is 5.25. The maximum Gasteiger partial charge on any atom is 0.213 e. The van der Waals surface area contributed by atoms with Crippen LogP contribution in [-0.2, 0) is 6.42 Å². The van der Waals surface area contributed by atoms with Crippen LogP contribution in [0.3, 0.4) is 0 Å². The Morgan fingerprint density at radius 1 is 1.00 bits per heavy atom. The molecule has 21 heavy (non-hydrogen) atoms. The van der Waals surface area contributed by atoms with Crippen LogP contribution < -0.4 is 9.47 Å². The van der Waals surface area contributed by atoms with Crippen molar-refractivity contribution in [2.75, 3.05) is 6.61 Å². The lowest BCUT2D eigenvalue weighted by molar-refractivity contribution is 0.232. The van der Waals surface area contributed by atoms with Crippen molar-refractivity contribution in [3.8, 4) is 11.8 Å². The van der Waals surface area contributed by atoms with E-state index >= 15 is 0 Å². The molecule has 0 spiro atoms. The van der Waals surface area contributed by atoms with Crippen LogP contribution in [0.15, 0.2) is 30.3 Å². The summed E-state index contributed by atoms with van der Waals surface area (Å²) in [5.41, 5.74) is 3.10. The Morgan fingerprint density at radius 2 is 1.81 bits per heavy atom. The molecule has 0 aliphatic rings. The average molecular weight is 286 g/mol. The van der Waals surface area contributed by atoms with Gasteiger partial charge < -0.3 is 9.47 Å². The van der Waals surface area contributed by atoms with Gasteiger partial charge in [-0.15, -0.1) is 0 Å². The van der Waals surface area contributed by atoms with Gasteiger partial charge in [-0.05, 0) is 39.3 Å². The van der Waals surface area contributed by atoms with E-state index in [4.69, 9.17) is 9.47 Å². The summed E-state index contributed by atoms with van der Waals surface area (Å²) < 4.78 is 11.3. The first-order valence-corrected chi connectivity index (χ1v) is 7.24. The van der Waals surface area contributed by atoms with E-state index in [1.807, 2.05) is 58.0 Å². The molecule has 0 fully saturated rings. The number of aromatic nitrogens is 2. The van der Waals surface area contributed by atoms with Gasteiger partial charge in [0.1, 0.15) is 0 Å². The molecule has 2 aromatic heterocycles. The fraction of sp³-hybridized carbons (Fsp3) is 0.412. The third kappa shape index (κ3) is 4.74. The van der Waals surface area contributed by atoms with E-state index in [0.29, 0.717) is 18.4 Å². The average Bonchev–Trinajstić information content (AvgIpc) is 2.40. The van der Waals surface area contributed by atoms with E-state index in [1.165, 1.54) is 5.56 Å². The molecular weight excluding hydrogens is 264 g/mol. The Kier molecular flexibility index (Phi) is 5.14. The second-order valence-corrected chi connectivity index (χ2v) is 5.28. The van der Waals surface area contributed by atoms with Gasteiger partial charge >= 0.3 is 0 Å². The predicted molar refractivity (Wildman–Crippen MR) is 82.9 cm³/mol. The van der Waals surface area contributed by atoms with Crippen molar-refractivity contribution in [2.24, 2.45) is 0 Å². The highest BCUT2D eigenvalue weighted by atomic mass is 16.5. The van der Waals surface area contributed by atoms with Crippen LogP contribution in [0, 0.1) is 13.8 Å². The number of hydrogen-bond donors (Lipinski definition) is 0. The number of rotatable bonds is 6. The standard InChI is InChI=1S/C17H22N2O2/c1-12(2)21-17-9-8-15(14(4)19-17)10-11-20-16-7-5-6-13(3)18-16/h5-9,12H,10-11H2,1-4H3. The first-order valence-electron chi connectivity index (χ1n) is 7.24. The molecule has 0 radical (unpaired) electrons. The molecule has 0 aromatic carbocycles. The summed E-state index contributed by atoms with van der Waals surface area (Å²) in [6.07, 6.45) is 0.939. The minimum absolute atomic E-state index is 0.137. The van der Waals surface area contributed by atoms with Crippen molar-refractivity contribution >= 4 is 0 Å². The summed E-state index contributed by atoms with van der Waals surface area (Å²) in [6, 6.07) is 9.73. The SMILES string of the molecule is Cc1cccc(OCCc2ccc(OC(C)C)nc2C)n1. The maximum absolute atomic E-state index is 5.67. The Balaban J connectivity index is 1.91. The van der Waals surface area contributed by atoms with Gasteiger partial charge in [0.25, 0.3) is 0 Å². The number of hydrogen-bond acceptors (Lipinski definition) is 4. The van der Waals surface area contributed by atoms with Crippen molar-refractivity contribution in [3.05, 3.63) is 47.3 Å². The smallest absolute Gasteiger partial charge is 0.213 e.